The lowest BCUT2D eigenvalue weighted by Crippen LogP contribution is -2.08. The molecule has 62 valence electrons. The SMILES string of the molecule is CC.CCC(=O)n1cccn1. The summed E-state index contributed by atoms with van der Waals surface area (Å²) in [6, 6.07) is 1.73. The topological polar surface area (TPSA) is 34.9 Å². The van der Waals surface area contributed by atoms with Crippen LogP contribution >= 0.6 is 0 Å². The van der Waals surface area contributed by atoms with Gasteiger partial charge in [-0.15, -0.1) is 0 Å². The van der Waals surface area contributed by atoms with Crippen molar-refractivity contribution in [1.29, 1.82) is 0 Å². The van der Waals surface area contributed by atoms with Crippen LogP contribution in [0.1, 0.15) is 32.0 Å². The highest BCUT2D eigenvalue weighted by atomic mass is 16.2. The zero-order valence-electron chi connectivity index (χ0n) is 7.24. The molecule has 3 heteroatoms. The van der Waals surface area contributed by atoms with Gasteiger partial charge in [0.15, 0.2) is 0 Å². The van der Waals surface area contributed by atoms with Gasteiger partial charge in [0.1, 0.15) is 0 Å². The highest BCUT2D eigenvalue weighted by molar-refractivity contribution is 5.77. The zero-order valence-corrected chi connectivity index (χ0v) is 7.24. The van der Waals surface area contributed by atoms with Gasteiger partial charge in [-0.2, -0.15) is 5.10 Å². The molecule has 1 aromatic rings. The van der Waals surface area contributed by atoms with Crippen LogP contribution in [0.25, 0.3) is 0 Å². The first-order valence-corrected chi connectivity index (χ1v) is 3.87. The molecule has 1 aromatic heterocycles. The molecule has 0 fully saturated rings. The van der Waals surface area contributed by atoms with Gasteiger partial charge in [0.25, 0.3) is 0 Å². The molecule has 1 rings (SSSR count). The molecule has 0 aliphatic carbocycles. The zero-order chi connectivity index (χ0) is 8.69. The van der Waals surface area contributed by atoms with E-state index in [1.807, 2.05) is 20.8 Å². The lowest BCUT2D eigenvalue weighted by atomic mass is 10.5. The molecule has 0 unspecified atom stereocenters. The third kappa shape index (κ3) is 2.98. The predicted octanol–water partition coefficient (Wildman–Crippen LogP) is 1.96. The largest absolute Gasteiger partial charge is 0.273 e. The number of nitrogens with zero attached hydrogens (tertiary/aromatic N) is 2. The molecule has 0 atom stereocenters. The maximum absolute atomic E-state index is 10.8. The third-order valence-corrected chi connectivity index (χ3v) is 1.06. The van der Waals surface area contributed by atoms with Crippen LogP contribution < -0.4 is 0 Å². The van der Waals surface area contributed by atoms with E-state index in [1.165, 1.54) is 4.68 Å². The summed E-state index contributed by atoms with van der Waals surface area (Å²) >= 11 is 0. The number of rotatable bonds is 1. The number of aromatic nitrogens is 2. The molecule has 0 N–H and O–H groups in total. The van der Waals surface area contributed by atoms with Crippen LogP contribution in [-0.2, 0) is 0 Å². The number of hydrogen-bond donors (Lipinski definition) is 0. The highest BCUT2D eigenvalue weighted by Crippen LogP contribution is 1.87. The minimum atomic E-state index is 0.0278. The molecule has 0 radical (unpaired) electrons. The van der Waals surface area contributed by atoms with Crippen molar-refractivity contribution in [3.8, 4) is 0 Å². The van der Waals surface area contributed by atoms with Gasteiger partial charge in [-0.1, -0.05) is 20.8 Å². The summed E-state index contributed by atoms with van der Waals surface area (Å²) in [5.41, 5.74) is 0. The normalized spacial score (nSPS) is 8.27. The fraction of sp³-hybridized carbons (Fsp3) is 0.500. The molecular weight excluding hydrogens is 140 g/mol. The third-order valence-electron chi connectivity index (χ3n) is 1.06. The molecule has 0 aliphatic heterocycles. The minimum absolute atomic E-state index is 0.0278. The van der Waals surface area contributed by atoms with Crippen molar-refractivity contribution >= 4 is 5.91 Å². The van der Waals surface area contributed by atoms with E-state index >= 15 is 0 Å². The van der Waals surface area contributed by atoms with Crippen molar-refractivity contribution in [3.63, 3.8) is 0 Å². The lowest BCUT2D eigenvalue weighted by molar-refractivity contribution is 0.0893. The Labute approximate surface area is 67.0 Å². The minimum Gasteiger partial charge on any atom is -0.273 e. The molecule has 3 nitrogen and oxygen atoms in total. The maximum atomic E-state index is 10.8. The Morgan fingerprint density at radius 3 is 2.55 bits per heavy atom. The van der Waals surface area contributed by atoms with Crippen LogP contribution in [-0.4, -0.2) is 15.7 Å². The first-order valence-electron chi connectivity index (χ1n) is 3.87. The first-order chi connectivity index (χ1) is 5.34. The van der Waals surface area contributed by atoms with Gasteiger partial charge in [0, 0.05) is 18.8 Å². The Kier molecular flexibility index (Phi) is 5.07. The Morgan fingerprint density at radius 1 is 1.55 bits per heavy atom. The number of hydrogen-bond acceptors (Lipinski definition) is 2. The molecule has 11 heavy (non-hydrogen) atoms. The Balaban J connectivity index is 0.000000461. The molecule has 1 heterocycles. The average molecular weight is 154 g/mol. The molecule has 0 saturated carbocycles. The second-order valence-corrected chi connectivity index (χ2v) is 1.70. The standard InChI is InChI=1S/C6H8N2O.C2H6/c1-2-6(9)8-5-3-4-7-8;1-2/h3-5H,2H2,1H3;1-2H3. The van der Waals surface area contributed by atoms with E-state index in [-0.39, 0.29) is 5.91 Å². The second kappa shape index (κ2) is 5.65. The summed E-state index contributed by atoms with van der Waals surface area (Å²) in [4.78, 5) is 10.8. The summed E-state index contributed by atoms with van der Waals surface area (Å²) in [6.07, 6.45) is 3.74. The van der Waals surface area contributed by atoms with Crippen LogP contribution in [0.5, 0.6) is 0 Å². The summed E-state index contributed by atoms with van der Waals surface area (Å²) in [5.74, 6) is 0.0278. The predicted molar refractivity (Wildman–Crippen MR) is 44.5 cm³/mol. The van der Waals surface area contributed by atoms with Gasteiger partial charge in [-0.3, -0.25) is 4.79 Å². The van der Waals surface area contributed by atoms with Crippen molar-refractivity contribution < 1.29 is 4.79 Å². The van der Waals surface area contributed by atoms with E-state index in [1.54, 1.807) is 18.5 Å². The van der Waals surface area contributed by atoms with Crippen LogP contribution in [0.4, 0.5) is 0 Å². The molecular formula is C8H14N2O. The fourth-order valence-corrected chi connectivity index (χ4v) is 0.578. The van der Waals surface area contributed by atoms with Crippen LogP contribution in [0.3, 0.4) is 0 Å². The maximum Gasteiger partial charge on any atom is 0.246 e. The molecule has 0 aliphatic rings. The average Bonchev–Trinajstić information content (AvgIpc) is 2.59. The summed E-state index contributed by atoms with van der Waals surface area (Å²) in [5, 5.41) is 3.75. The first kappa shape index (κ1) is 9.88. The molecule has 0 bridgehead atoms. The van der Waals surface area contributed by atoms with Crippen LogP contribution in [0.15, 0.2) is 18.5 Å². The quantitative estimate of drug-likeness (QED) is 0.619. The Hall–Kier alpha value is -1.12. The fourth-order valence-electron chi connectivity index (χ4n) is 0.578. The van der Waals surface area contributed by atoms with Crippen LogP contribution in [0.2, 0.25) is 0 Å². The van der Waals surface area contributed by atoms with E-state index in [2.05, 4.69) is 5.10 Å². The molecule has 0 spiro atoms. The molecule has 0 saturated heterocycles. The molecule has 0 amide bonds. The number of carbonyl (C=O) groups is 1. The van der Waals surface area contributed by atoms with Gasteiger partial charge in [-0.25, -0.2) is 4.68 Å². The monoisotopic (exact) mass is 154 g/mol. The van der Waals surface area contributed by atoms with Crippen molar-refractivity contribution in [2.75, 3.05) is 0 Å². The highest BCUT2D eigenvalue weighted by Gasteiger charge is 1.97. The Bertz CT molecular complexity index is 192. The van der Waals surface area contributed by atoms with E-state index in [0.29, 0.717) is 6.42 Å². The summed E-state index contributed by atoms with van der Waals surface area (Å²) < 4.78 is 1.33. The Morgan fingerprint density at radius 2 is 2.18 bits per heavy atom. The van der Waals surface area contributed by atoms with Gasteiger partial charge in [0.2, 0.25) is 5.91 Å². The summed E-state index contributed by atoms with van der Waals surface area (Å²) in [6.45, 7) is 5.81. The van der Waals surface area contributed by atoms with Gasteiger partial charge >= 0.3 is 0 Å². The van der Waals surface area contributed by atoms with E-state index in [0.717, 1.165) is 0 Å². The second-order valence-electron chi connectivity index (χ2n) is 1.70. The van der Waals surface area contributed by atoms with E-state index in [4.69, 9.17) is 0 Å². The van der Waals surface area contributed by atoms with Crippen molar-refractivity contribution in [1.82, 2.24) is 9.78 Å². The van der Waals surface area contributed by atoms with Gasteiger partial charge < -0.3 is 0 Å². The van der Waals surface area contributed by atoms with Crippen LogP contribution in [0, 0.1) is 0 Å². The lowest BCUT2D eigenvalue weighted by Gasteiger charge is -1.92. The van der Waals surface area contributed by atoms with Crippen molar-refractivity contribution in [2.45, 2.75) is 27.2 Å². The number of carbonyl (C=O) groups excluding carboxylic acids is 1. The van der Waals surface area contributed by atoms with Crippen molar-refractivity contribution in [2.24, 2.45) is 0 Å². The van der Waals surface area contributed by atoms with E-state index in [9.17, 15) is 4.79 Å². The van der Waals surface area contributed by atoms with Crippen molar-refractivity contribution in [3.05, 3.63) is 18.5 Å². The smallest absolute Gasteiger partial charge is 0.246 e. The van der Waals surface area contributed by atoms with Gasteiger partial charge in [0.05, 0.1) is 0 Å². The summed E-state index contributed by atoms with van der Waals surface area (Å²) in [7, 11) is 0. The van der Waals surface area contributed by atoms with Gasteiger partial charge in [-0.05, 0) is 6.07 Å². The van der Waals surface area contributed by atoms with E-state index < -0.39 is 0 Å². The molecule has 0 aromatic carbocycles.